The second-order valence-corrected chi connectivity index (χ2v) is 10.6. The fourth-order valence-corrected chi connectivity index (χ4v) is 6.56. The average Bonchev–Trinajstić information content (AvgIpc) is 2.87. The first-order valence-corrected chi connectivity index (χ1v) is 13.3. The van der Waals surface area contributed by atoms with Crippen LogP contribution in [0.25, 0.3) is 43.1 Å². The van der Waals surface area contributed by atoms with Crippen LogP contribution < -0.4 is 0 Å². The third-order valence-corrected chi connectivity index (χ3v) is 8.40. The number of hydrogen-bond acceptors (Lipinski definition) is 1. The maximum atomic E-state index is 4.92. The van der Waals surface area contributed by atoms with E-state index in [0.717, 1.165) is 19.3 Å². The molecule has 5 aromatic rings. The van der Waals surface area contributed by atoms with E-state index in [4.69, 9.17) is 4.98 Å². The molecule has 1 nitrogen and oxygen atoms in total. The van der Waals surface area contributed by atoms with Crippen LogP contribution in [0.4, 0.5) is 0 Å². The Bertz CT molecular complexity index is 1590. The van der Waals surface area contributed by atoms with Crippen LogP contribution in [0.2, 0.25) is 0 Å². The predicted molar refractivity (Wildman–Crippen MR) is 148 cm³/mol. The average molecular weight is 446 g/mol. The Morgan fingerprint density at radius 2 is 1.68 bits per heavy atom. The van der Waals surface area contributed by atoms with Crippen molar-refractivity contribution in [3.63, 3.8) is 0 Å². The Hall–Kier alpha value is -2.93. The van der Waals surface area contributed by atoms with E-state index in [2.05, 4.69) is 83.3 Å². The van der Waals surface area contributed by atoms with Gasteiger partial charge in [0.15, 0.2) is 0 Å². The van der Waals surface area contributed by atoms with Gasteiger partial charge in [0, 0.05) is 17.5 Å². The fourth-order valence-electron chi connectivity index (χ4n) is 6.56. The molecular formula is C33H35N. The maximum Gasteiger partial charge on any atom is 0.0515 e. The van der Waals surface area contributed by atoms with E-state index < -0.39 is 0 Å². The van der Waals surface area contributed by atoms with Gasteiger partial charge in [-0.3, -0.25) is 4.98 Å². The van der Waals surface area contributed by atoms with E-state index in [1.165, 1.54) is 83.9 Å². The molecule has 1 atom stereocenters. The lowest BCUT2D eigenvalue weighted by Crippen LogP contribution is -2.10. The Labute approximate surface area is 203 Å². The zero-order chi connectivity index (χ0) is 23.6. The van der Waals surface area contributed by atoms with Gasteiger partial charge in [-0.05, 0) is 116 Å². The van der Waals surface area contributed by atoms with Crippen LogP contribution in [0.5, 0.6) is 0 Å². The molecule has 1 aromatic heterocycles. The summed E-state index contributed by atoms with van der Waals surface area (Å²) in [5.41, 5.74) is 7.19. The molecule has 0 spiro atoms. The third-order valence-electron chi connectivity index (χ3n) is 8.40. The number of fused-ring (bicyclic) bond motifs is 6. The smallest absolute Gasteiger partial charge is 0.0515 e. The van der Waals surface area contributed by atoms with Gasteiger partial charge in [-0.1, -0.05) is 58.9 Å². The molecule has 0 bridgehead atoms. The summed E-state index contributed by atoms with van der Waals surface area (Å²) in [7, 11) is 0. The minimum absolute atomic E-state index is 0.470. The van der Waals surface area contributed by atoms with Gasteiger partial charge in [0.05, 0.1) is 5.69 Å². The Kier molecular flexibility index (Phi) is 5.13. The standard InChI is InChI=1S/C33H35N/c1-6-20-9-12-25-24(15-20)18-27(19(4)5)32-28(25)16-22(8-3)30-26-13-14-34-33-21(7-2)10-11-23(31(26)33)17-29(30)32/h9,12-19,21H,6-8,10-11H2,1-5H3. The molecule has 0 amide bonds. The molecule has 34 heavy (non-hydrogen) atoms. The van der Waals surface area contributed by atoms with Crippen molar-refractivity contribution < 1.29 is 0 Å². The van der Waals surface area contributed by atoms with Crippen LogP contribution in [-0.4, -0.2) is 4.98 Å². The molecule has 4 aromatic carbocycles. The van der Waals surface area contributed by atoms with Gasteiger partial charge in [0.25, 0.3) is 0 Å². The van der Waals surface area contributed by atoms with Gasteiger partial charge < -0.3 is 0 Å². The number of benzene rings is 4. The lowest BCUT2D eigenvalue weighted by molar-refractivity contribution is 0.584. The minimum atomic E-state index is 0.470. The number of hydrogen-bond donors (Lipinski definition) is 0. The number of aromatic nitrogens is 1. The van der Waals surface area contributed by atoms with Crippen LogP contribution in [-0.2, 0) is 19.3 Å². The fraction of sp³-hybridized carbons (Fsp3) is 0.364. The van der Waals surface area contributed by atoms with Crippen LogP contribution in [0.3, 0.4) is 0 Å². The molecule has 1 unspecified atom stereocenters. The molecule has 0 saturated heterocycles. The van der Waals surface area contributed by atoms with Crippen molar-refractivity contribution in [2.75, 3.05) is 0 Å². The van der Waals surface area contributed by atoms with Gasteiger partial charge in [-0.2, -0.15) is 0 Å². The Morgan fingerprint density at radius 1 is 0.824 bits per heavy atom. The molecule has 0 aliphatic heterocycles. The van der Waals surface area contributed by atoms with E-state index in [-0.39, 0.29) is 0 Å². The summed E-state index contributed by atoms with van der Waals surface area (Å²) >= 11 is 0. The van der Waals surface area contributed by atoms with Crippen molar-refractivity contribution in [3.8, 4) is 0 Å². The molecular weight excluding hydrogens is 410 g/mol. The van der Waals surface area contributed by atoms with Crippen molar-refractivity contribution >= 4 is 43.1 Å². The SMILES string of the molecule is CCc1ccc2c(c1)cc(C(C)C)c1c2cc(CC)c2c3ccnc4c3c(cc21)CCC4CC. The lowest BCUT2D eigenvalue weighted by atomic mass is 9.79. The first-order chi connectivity index (χ1) is 16.5. The molecule has 1 aliphatic rings. The van der Waals surface area contributed by atoms with Gasteiger partial charge in [0.1, 0.15) is 0 Å². The number of pyridine rings is 1. The molecule has 6 rings (SSSR count). The van der Waals surface area contributed by atoms with Crippen molar-refractivity contribution in [2.24, 2.45) is 0 Å². The summed E-state index contributed by atoms with van der Waals surface area (Å²) in [6.45, 7) is 11.6. The normalized spacial score (nSPS) is 15.9. The monoisotopic (exact) mass is 445 g/mol. The second-order valence-electron chi connectivity index (χ2n) is 10.6. The largest absolute Gasteiger partial charge is 0.260 e. The van der Waals surface area contributed by atoms with Crippen LogP contribution in [0.1, 0.15) is 87.2 Å². The number of nitrogens with zero attached hydrogens (tertiary/aromatic N) is 1. The van der Waals surface area contributed by atoms with Crippen LogP contribution in [0, 0.1) is 0 Å². The van der Waals surface area contributed by atoms with Crippen LogP contribution >= 0.6 is 0 Å². The highest BCUT2D eigenvalue weighted by Gasteiger charge is 2.25. The first-order valence-electron chi connectivity index (χ1n) is 13.3. The lowest BCUT2D eigenvalue weighted by Gasteiger charge is -2.26. The minimum Gasteiger partial charge on any atom is -0.260 e. The van der Waals surface area contributed by atoms with Crippen molar-refractivity contribution in [2.45, 2.75) is 78.6 Å². The molecule has 1 heteroatoms. The Morgan fingerprint density at radius 3 is 2.41 bits per heavy atom. The summed E-state index contributed by atoms with van der Waals surface area (Å²) in [5.74, 6) is 1.06. The van der Waals surface area contributed by atoms with E-state index in [9.17, 15) is 0 Å². The van der Waals surface area contributed by atoms with E-state index in [1.807, 2.05) is 0 Å². The first kappa shape index (κ1) is 21.6. The maximum absolute atomic E-state index is 4.92. The second kappa shape index (κ2) is 8.08. The number of aryl methyl sites for hydroxylation is 3. The van der Waals surface area contributed by atoms with Crippen molar-refractivity contribution in [1.29, 1.82) is 0 Å². The van der Waals surface area contributed by atoms with Gasteiger partial charge in [-0.15, -0.1) is 0 Å². The van der Waals surface area contributed by atoms with Crippen molar-refractivity contribution in [3.05, 3.63) is 76.6 Å². The summed E-state index contributed by atoms with van der Waals surface area (Å²) in [6, 6.07) is 16.9. The van der Waals surface area contributed by atoms with Crippen LogP contribution in [0.15, 0.2) is 48.7 Å². The Balaban J connectivity index is 1.86. The molecule has 172 valence electrons. The van der Waals surface area contributed by atoms with E-state index >= 15 is 0 Å². The molecule has 0 radical (unpaired) electrons. The summed E-state index contributed by atoms with van der Waals surface area (Å²) in [4.78, 5) is 4.92. The van der Waals surface area contributed by atoms with E-state index in [0.29, 0.717) is 11.8 Å². The third kappa shape index (κ3) is 3.02. The summed E-state index contributed by atoms with van der Waals surface area (Å²) < 4.78 is 0. The molecule has 0 fully saturated rings. The van der Waals surface area contributed by atoms with Gasteiger partial charge >= 0.3 is 0 Å². The highest BCUT2D eigenvalue weighted by molar-refractivity contribution is 6.25. The topological polar surface area (TPSA) is 12.9 Å². The molecule has 0 saturated carbocycles. The summed E-state index contributed by atoms with van der Waals surface area (Å²) in [5, 5.41) is 11.4. The van der Waals surface area contributed by atoms with Gasteiger partial charge in [0.2, 0.25) is 0 Å². The quantitative estimate of drug-likeness (QED) is 0.251. The highest BCUT2D eigenvalue weighted by Crippen LogP contribution is 2.45. The number of rotatable bonds is 4. The highest BCUT2D eigenvalue weighted by atomic mass is 14.7. The molecule has 1 heterocycles. The predicted octanol–water partition coefficient (Wildman–Crippen LogP) is 9.38. The molecule has 1 aliphatic carbocycles. The van der Waals surface area contributed by atoms with Gasteiger partial charge in [-0.25, -0.2) is 0 Å². The zero-order valence-electron chi connectivity index (χ0n) is 21.3. The van der Waals surface area contributed by atoms with Crippen molar-refractivity contribution in [1.82, 2.24) is 4.98 Å². The molecule has 0 N–H and O–H groups in total. The zero-order valence-corrected chi connectivity index (χ0v) is 21.3. The summed E-state index contributed by atoms with van der Waals surface area (Å²) in [6.07, 6.45) is 7.72. The van der Waals surface area contributed by atoms with E-state index in [1.54, 1.807) is 0 Å².